The molecule has 0 aromatic carbocycles. The van der Waals surface area contributed by atoms with Crippen LogP contribution < -0.4 is 29.6 Å². The maximum atomic E-state index is 12.7. The summed E-state index contributed by atoms with van der Waals surface area (Å²) < 4.78 is 40.3. The van der Waals surface area contributed by atoms with Crippen molar-refractivity contribution in [3.05, 3.63) is 0 Å². The summed E-state index contributed by atoms with van der Waals surface area (Å²) in [7, 11) is -3.94. The van der Waals surface area contributed by atoms with Crippen LogP contribution in [-0.2, 0) is 33.4 Å². The van der Waals surface area contributed by atoms with E-state index in [1.54, 1.807) is 6.92 Å². The molecule has 0 aliphatic carbocycles. The summed E-state index contributed by atoms with van der Waals surface area (Å²) in [5.74, 6) is -1.67. The summed E-state index contributed by atoms with van der Waals surface area (Å²) in [5.41, 5.74) is 0. The third-order valence-corrected chi connectivity index (χ3v) is 10.3. The fourth-order valence-corrected chi connectivity index (χ4v) is 6.98. The zero-order valence-electron chi connectivity index (χ0n) is 33.2. The minimum atomic E-state index is -3.94. The molecule has 0 bridgehead atoms. The van der Waals surface area contributed by atoms with Gasteiger partial charge in [-0.1, -0.05) is 188 Å². The third kappa shape index (κ3) is 35.7. The summed E-state index contributed by atoms with van der Waals surface area (Å²) in [6.07, 6.45) is 33.1. The minimum Gasteiger partial charge on any atom is -1.00 e. The molecule has 282 valence electrons. The number of ether oxygens (including phenoxy) is 2. The molecule has 0 saturated heterocycles. The van der Waals surface area contributed by atoms with E-state index >= 15 is 0 Å². The van der Waals surface area contributed by atoms with E-state index in [4.69, 9.17) is 13.7 Å². The molecule has 0 radical (unpaired) electrons. The largest absolute Gasteiger partial charge is 1.00 e. The van der Waals surface area contributed by atoms with E-state index < -0.39 is 34.6 Å². The van der Waals surface area contributed by atoms with Gasteiger partial charge >= 0.3 is 41.5 Å². The summed E-state index contributed by atoms with van der Waals surface area (Å²) in [5, 5.41) is 0. The first-order valence-corrected chi connectivity index (χ1v) is 21.7. The molecule has 0 spiro atoms. The zero-order valence-corrected chi connectivity index (χ0v) is 35.0. The van der Waals surface area contributed by atoms with Gasteiger partial charge in [-0.15, -0.1) is 0 Å². The molecule has 9 heteroatoms. The number of hydrogen-bond donors (Lipinski definition) is 0. The molecule has 0 aromatic heterocycles. The van der Waals surface area contributed by atoms with Crippen molar-refractivity contribution >= 4 is 22.1 Å². The standard InChI is InChI=1S/C39H76O7S.Na.H/c1-4-7-9-11-13-15-17-19-21-23-25-27-29-31-33-44-38(40)36-37(46-47(42,43)35-6-3)39(41)45-34-32-30-28-26-24-22-20-18-16-14-12-10-8-5-2;;/h37H,4-36H2,1-3H3;;/q;+1;-1. The third-order valence-electron chi connectivity index (χ3n) is 8.83. The summed E-state index contributed by atoms with van der Waals surface area (Å²) in [6, 6.07) is 0. The Hall–Kier alpha value is -0.150. The number of esters is 2. The van der Waals surface area contributed by atoms with Crippen LogP contribution in [0, 0.1) is 0 Å². The maximum Gasteiger partial charge on any atom is 1.00 e. The molecule has 0 rings (SSSR count). The van der Waals surface area contributed by atoms with Crippen LogP contribution in [0.4, 0.5) is 0 Å². The van der Waals surface area contributed by atoms with Gasteiger partial charge in [-0.25, -0.2) is 4.79 Å². The van der Waals surface area contributed by atoms with Gasteiger partial charge in [-0.05, 0) is 19.3 Å². The molecule has 0 heterocycles. The van der Waals surface area contributed by atoms with Gasteiger partial charge in [0.15, 0.2) is 6.10 Å². The number of carbonyl (C=O) groups is 2. The molecule has 7 nitrogen and oxygen atoms in total. The molecular formula is C39H77NaO7S. The van der Waals surface area contributed by atoms with Crippen LogP contribution in [0.3, 0.4) is 0 Å². The van der Waals surface area contributed by atoms with Gasteiger partial charge in [0.1, 0.15) is 0 Å². The number of rotatable bonds is 37. The second kappa shape index (κ2) is 38.1. The van der Waals surface area contributed by atoms with Crippen molar-refractivity contribution in [2.45, 2.75) is 219 Å². The topological polar surface area (TPSA) is 96.0 Å². The Morgan fingerprint density at radius 2 is 0.792 bits per heavy atom. The van der Waals surface area contributed by atoms with E-state index in [2.05, 4.69) is 13.8 Å². The molecule has 0 fully saturated rings. The van der Waals surface area contributed by atoms with E-state index in [0.29, 0.717) is 12.8 Å². The molecule has 0 amide bonds. The first kappa shape index (κ1) is 50.0. The van der Waals surface area contributed by atoms with Crippen molar-refractivity contribution < 1.29 is 62.6 Å². The van der Waals surface area contributed by atoms with E-state index in [0.717, 1.165) is 32.1 Å². The Balaban J connectivity index is -0.0000106. The van der Waals surface area contributed by atoms with Crippen LogP contribution >= 0.6 is 0 Å². The van der Waals surface area contributed by atoms with Crippen LogP contribution in [0.2, 0.25) is 0 Å². The van der Waals surface area contributed by atoms with Crippen LogP contribution in [-0.4, -0.2) is 45.4 Å². The quantitative estimate of drug-likeness (QED) is 0.0275. The van der Waals surface area contributed by atoms with Gasteiger partial charge in [0, 0.05) is 0 Å². The molecule has 48 heavy (non-hydrogen) atoms. The number of hydrogen-bond acceptors (Lipinski definition) is 7. The molecule has 0 aromatic rings. The first-order chi connectivity index (χ1) is 22.9. The van der Waals surface area contributed by atoms with E-state index in [1.807, 2.05) is 0 Å². The Kier molecular flexibility index (Phi) is 39.6. The monoisotopic (exact) mass is 713 g/mol. The molecule has 0 saturated carbocycles. The molecule has 1 atom stereocenters. The van der Waals surface area contributed by atoms with Crippen molar-refractivity contribution in [3.63, 3.8) is 0 Å². The molecule has 0 N–H and O–H groups in total. The number of unbranched alkanes of at least 4 members (excludes halogenated alkanes) is 26. The van der Waals surface area contributed by atoms with Gasteiger partial charge < -0.3 is 10.9 Å². The fraction of sp³-hybridized carbons (Fsp3) is 0.949. The predicted molar refractivity (Wildman–Crippen MR) is 197 cm³/mol. The Morgan fingerprint density at radius 1 is 0.479 bits per heavy atom. The molecule has 0 aliphatic rings. The predicted octanol–water partition coefficient (Wildman–Crippen LogP) is 8.67. The van der Waals surface area contributed by atoms with Crippen LogP contribution in [0.5, 0.6) is 0 Å². The van der Waals surface area contributed by atoms with E-state index in [1.165, 1.54) is 141 Å². The molecule has 1 unspecified atom stereocenters. The van der Waals surface area contributed by atoms with E-state index in [-0.39, 0.29) is 50.0 Å². The minimum absolute atomic E-state index is 0. The van der Waals surface area contributed by atoms with Gasteiger partial charge in [0.05, 0.1) is 25.4 Å². The van der Waals surface area contributed by atoms with Gasteiger partial charge in [0.25, 0.3) is 10.1 Å². The van der Waals surface area contributed by atoms with Gasteiger partial charge in [-0.2, -0.15) is 8.42 Å². The summed E-state index contributed by atoms with van der Waals surface area (Å²) in [6.45, 7) is 6.68. The van der Waals surface area contributed by atoms with Crippen LogP contribution in [0.1, 0.15) is 215 Å². The van der Waals surface area contributed by atoms with E-state index in [9.17, 15) is 18.0 Å². The van der Waals surface area contributed by atoms with Crippen LogP contribution in [0.15, 0.2) is 0 Å². The van der Waals surface area contributed by atoms with Crippen molar-refractivity contribution in [2.75, 3.05) is 19.0 Å². The van der Waals surface area contributed by atoms with Gasteiger partial charge in [0.2, 0.25) is 0 Å². The summed E-state index contributed by atoms with van der Waals surface area (Å²) in [4.78, 5) is 25.1. The number of carbonyl (C=O) groups excluding carboxylic acids is 2. The molecular weight excluding hydrogens is 635 g/mol. The van der Waals surface area contributed by atoms with Crippen molar-refractivity contribution in [1.82, 2.24) is 0 Å². The smallest absolute Gasteiger partial charge is 1.00 e. The second-order valence-electron chi connectivity index (χ2n) is 13.6. The normalized spacial score (nSPS) is 12.1. The van der Waals surface area contributed by atoms with Crippen molar-refractivity contribution in [1.29, 1.82) is 0 Å². The van der Waals surface area contributed by atoms with Gasteiger partial charge in [-0.3, -0.25) is 8.98 Å². The maximum absolute atomic E-state index is 12.7. The Bertz CT molecular complexity index is 813. The second-order valence-corrected chi connectivity index (χ2v) is 15.3. The average molecular weight is 713 g/mol. The van der Waals surface area contributed by atoms with Crippen molar-refractivity contribution in [2.24, 2.45) is 0 Å². The Labute approximate surface area is 321 Å². The first-order valence-electron chi connectivity index (χ1n) is 20.1. The van der Waals surface area contributed by atoms with Crippen LogP contribution in [0.25, 0.3) is 0 Å². The SMILES string of the molecule is CCCCCCCCCCCCCCCCOC(=O)CC(OS(=O)(=O)CCC)C(=O)OCCCCCCCCCCCCCCCC.[H-].[Na+]. The summed E-state index contributed by atoms with van der Waals surface area (Å²) >= 11 is 0. The molecule has 0 aliphatic heterocycles. The van der Waals surface area contributed by atoms with Crippen molar-refractivity contribution in [3.8, 4) is 0 Å². The Morgan fingerprint density at radius 3 is 1.12 bits per heavy atom. The fourth-order valence-electron chi connectivity index (χ4n) is 5.89. The average Bonchev–Trinajstić information content (AvgIpc) is 3.04. The zero-order chi connectivity index (χ0) is 34.7.